The van der Waals surface area contributed by atoms with E-state index in [9.17, 15) is 4.39 Å². The Kier molecular flexibility index (Phi) is 3.41. The molecule has 1 aromatic heterocycles. The highest BCUT2D eigenvalue weighted by Crippen LogP contribution is 2.21. The largest absolute Gasteiger partial charge is 0.374 e. The first-order chi connectivity index (χ1) is 6.06. The molecule has 1 unspecified atom stereocenters. The van der Waals surface area contributed by atoms with Crippen molar-refractivity contribution in [2.24, 2.45) is 0 Å². The van der Waals surface area contributed by atoms with Crippen LogP contribution in [0.1, 0.15) is 18.9 Å². The van der Waals surface area contributed by atoms with Crippen LogP contribution in [-0.2, 0) is 4.74 Å². The molecule has 13 heavy (non-hydrogen) atoms. The van der Waals surface area contributed by atoms with Crippen molar-refractivity contribution in [2.75, 3.05) is 7.11 Å². The Balaban J connectivity index is 3.13. The second-order valence-corrected chi connectivity index (χ2v) is 3.07. The Bertz CT molecular complexity index is 298. The normalized spacial score (nSPS) is 13.0. The first-order valence-corrected chi connectivity index (χ1v) is 4.23. The van der Waals surface area contributed by atoms with Crippen LogP contribution in [0, 0.1) is 5.82 Å². The molecule has 0 saturated carbocycles. The van der Waals surface area contributed by atoms with Gasteiger partial charge in [0.1, 0.15) is 6.10 Å². The minimum atomic E-state index is -0.810. The maximum Gasteiger partial charge on any atom is 0.197 e. The fourth-order valence-corrected chi connectivity index (χ4v) is 1.10. The molecule has 0 aliphatic rings. The van der Waals surface area contributed by atoms with E-state index < -0.39 is 5.82 Å². The summed E-state index contributed by atoms with van der Waals surface area (Å²) in [6.07, 6.45) is -0.365. The van der Waals surface area contributed by atoms with Gasteiger partial charge in [-0.05, 0) is 6.92 Å². The van der Waals surface area contributed by atoms with Crippen LogP contribution in [0.2, 0.25) is 10.3 Å². The van der Waals surface area contributed by atoms with E-state index in [1.54, 1.807) is 6.92 Å². The molecule has 0 aromatic carbocycles. The zero-order chi connectivity index (χ0) is 10.0. The zero-order valence-electron chi connectivity index (χ0n) is 7.01. The molecule has 0 saturated heterocycles. The van der Waals surface area contributed by atoms with Gasteiger partial charge in [-0.15, -0.1) is 0 Å². The molecule has 0 radical (unpaired) electrons. The molecule has 0 aliphatic heterocycles. The molecule has 1 aromatic rings. The summed E-state index contributed by atoms with van der Waals surface area (Å²) in [5.41, 5.74) is 0. The third-order valence-corrected chi connectivity index (χ3v) is 2.01. The molecule has 1 atom stereocenters. The van der Waals surface area contributed by atoms with Gasteiger partial charge in [0.2, 0.25) is 0 Å². The Morgan fingerprint density at radius 1 is 1.31 bits per heavy atom. The van der Waals surface area contributed by atoms with Gasteiger partial charge in [-0.2, -0.15) is 0 Å². The molecule has 0 fully saturated rings. The summed E-state index contributed by atoms with van der Waals surface area (Å²) in [4.78, 5) is 7.35. The monoisotopic (exact) mass is 224 g/mol. The fraction of sp³-hybridized carbons (Fsp3) is 0.429. The minimum Gasteiger partial charge on any atom is -0.374 e. The molecule has 1 rings (SSSR count). The van der Waals surface area contributed by atoms with Crippen LogP contribution in [0.25, 0.3) is 0 Å². The highest BCUT2D eigenvalue weighted by molar-refractivity contribution is 6.33. The second kappa shape index (κ2) is 4.17. The number of nitrogens with zero attached hydrogens (tertiary/aromatic N) is 2. The van der Waals surface area contributed by atoms with Gasteiger partial charge in [-0.25, -0.2) is 14.4 Å². The van der Waals surface area contributed by atoms with Crippen LogP contribution in [0.4, 0.5) is 4.39 Å². The number of aromatic nitrogens is 2. The quantitative estimate of drug-likeness (QED) is 0.725. The third kappa shape index (κ3) is 2.27. The summed E-state index contributed by atoms with van der Waals surface area (Å²) in [7, 11) is 1.49. The molecule has 6 heteroatoms. The van der Waals surface area contributed by atoms with Crippen LogP contribution >= 0.6 is 23.2 Å². The van der Waals surface area contributed by atoms with E-state index in [0.29, 0.717) is 0 Å². The lowest BCUT2D eigenvalue weighted by molar-refractivity contribution is 0.112. The highest BCUT2D eigenvalue weighted by Gasteiger charge is 2.14. The predicted molar refractivity (Wildman–Crippen MR) is 47.4 cm³/mol. The average molecular weight is 225 g/mol. The molecular weight excluding hydrogens is 218 g/mol. The van der Waals surface area contributed by atoms with Crippen molar-refractivity contribution in [1.29, 1.82) is 0 Å². The summed E-state index contributed by atoms with van der Waals surface area (Å²) in [5.74, 6) is -0.547. The van der Waals surface area contributed by atoms with Gasteiger partial charge in [-0.3, -0.25) is 0 Å². The lowest BCUT2D eigenvalue weighted by atomic mass is 10.4. The number of ether oxygens (including phenoxy) is 1. The Labute approximate surface area is 84.9 Å². The van der Waals surface area contributed by atoms with E-state index in [1.165, 1.54) is 7.11 Å². The van der Waals surface area contributed by atoms with Crippen molar-refractivity contribution in [2.45, 2.75) is 13.0 Å². The first kappa shape index (κ1) is 10.6. The van der Waals surface area contributed by atoms with Gasteiger partial charge in [-0.1, -0.05) is 23.2 Å². The lowest BCUT2D eigenvalue weighted by Crippen LogP contribution is -2.04. The smallest absolute Gasteiger partial charge is 0.197 e. The Hall–Kier alpha value is -0.450. The minimum absolute atomic E-state index is 0.263. The fourth-order valence-electron chi connectivity index (χ4n) is 0.697. The molecular formula is C7H7Cl2FN2O. The Morgan fingerprint density at radius 3 is 2.15 bits per heavy atom. The van der Waals surface area contributed by atoms with Crippen LogP contribution in [0.15, 0.2) is 0 Å². The topological polar surface area (TPSA) is 35.0 Å². The maximum absolute atomic E-state index is 12.8. The van der Waals surface area contributed by atoms with E-state index in [0.717, 1.165) is 0 Å². The molecule has 72 valence electrons. The molecule has 0 amide bonds. The van der Waals surface area contributed by atoms with E-state index in [1.807, 2.05) is 0 Å². The van der Waals surface area contributed by atoms with Gasteiger partial charge < -0.3 is 4.74 Å². The summed E-state index contributed by atoms with van der Waals surface area (Å²) >= 11 is 10.9. The Morgan fingerprint density at radius 2 is 1.77 bits per heavy atom. The van der Waals surface area contributed by atoms with E-state index in [2.05, 4.69) is 9.97 Å². The zero-order valence-corrected chi connectivity index (χ0v) is 8.53. The number of halogens is 3. The van der Waals surface area contributed by atoms with Gasteiger partial charge in [0, 0.05) is 7.11 Å². The van der Waals surface area contributed by atoms with Gasteiger partial charge in [0.25, 0.3) is 0 Å². The molecule has 0 aliphatic carbocycles. The van der Waals surface area contributed by atoms with Crippen LogP contribution < -0.4 is 0 Å². The predicted octanol–water partition coefficient (Wildman–Crippen LogP) is 2.63. The van der Waals surface area contributed by atoms with Gasteiger partial charge in [0.05, 0.1) is 0 Å². The van der Waals surface area contributed by atoms with Crippen molar-refractivity contribution in [3.63, 3.8) is 0 Å². The summed E-state index contributed by atoms with van der Waals surface area (Å²) in [6.45, 7) is 1.71. The molecule has 0 bridgehead atoms. The van der Waals surface area contributed by atoms with Crippen molar-refractivity contribution in [1.82, 2.24) is 9.97 Å². The standard InChI is InChI=1S/C7H7Cl2FN2O/c1-3(13-2)7-11-5(8)4(10)6(9)12-7/h3H,1-2H3. The average Bonchev–Trinajstić information content (AvgIpc) is 2.12. The van der Waals surface area contributed by atoms with Crippen molar-refractivity contribution in [3.05, 3.63) is 21.9 Å². The lowest BCUT2D eigenvalue weighted by Gasteiger charge is -2.08. The summed E-state index contributed by atoms with van der Waals surface area (Å²) in [5, 5.41) is -0.585. The van der Waals surface area contributed by atoms with Crippen LogP contribution in [-0.4, -0.2) is 17.1 Å². The molecule has 1 heterocycles. The third-order valence-electron chi connectivity index (χ3n) is 1.50. The summed E-state index contributed by atoms with van der Waals surface area (Å²) < 4.78 is 17.8. The number of rotatable bonds is 2. The van der Waals surface area contributed by atoms with Crippen molar-refractivity contribution >= 4 is 23.2 Å². The van der Waals surface area contributed by atoms with E-state index in [4.69, 9.17) is 27.9 Å². The first-order valence-electron chi connectivity index (χ1n) is 3.47. The molecule has 0 N–H and O–H groups in total. The number of hydrogen-bond acceptors (Lipinski definition) is 3. The van der Waals surface area contributed by atoms with Crippen molar-refractivity contribution < 1.29 is 9.13 Å². The van der Waals surface area contributed by atoms with Gasteiger partial charge >= 0.3 is 0 Å². The molecule has 3 nitrogen and oxygen atoms in total. The number of hydrogen-bond donors (Lipinski definition) is 0. The maximum atomic E-state index is 12.8. The van der Waals surface area contributed by atoms with Gasteiger partial charge in [0.15, 0.2) is 21.9 Å². The van der Waals surface area contributed by atoms with E-state index >= 15 is 0 Å². The van der Waals surface area contributed by atoms with Crippen molar-refractivity contribution in [3.8, 4) is 0 Å². The van der Waals surface area contributed by atoms with Crippen LogP contribution in [0.3, 0.4) is 0 Å². The van der Waals surface area contributed by atoms with E-state index in [-0.39, 0.29) is 22.2 Å². The SMILES string of the molecule is COC(C)c1nc(Cl)c(F)c(Cl)n1. The highest BCUT2D eigenvalue weighted by atomic mass is 35.5. The van der Waals surface area contributed by atoms with Crippen LogP contribution in [0.5, 0.6) is 0 Å². The second-order valence-electron chi connectivity index (χ2n) is 2.36. The molecule has 0 spiro atoms. The number of methoxy groups -OCH3 is 1. The summed E-state index contributed by atoms with van der Waals surface area (Å²) in [6, 6.07) is 0.